The number of hydrogen-bond donors (Lipinski definition) is 1. The van der Waals surface area contributed by atoms with Gasteiger partial charge in [-0.2, -0.15) is 0 Å². The van der Waals surface area contributed by atoms with Crippen molar-refractivity contribution in [3.05, 3.63) is 53.5 Å². The van der Waals surface area contributed by atoms with Gasteiger partial charge in [-0.1, -0.05) is 6.07 Å². The molecule has 0 bridgehead atoms. The SMILES string of the molecule is CCN(CC)c1ccc(C=C2C(=O)NC(=S)N(c3cccc(F)c3)C2=O)o1. The number of carbonyl (C=O) groups excluding carboxylic acids is 2. The molecule has 1 N–H and O–H groups in total. The van der Waals surface area contributed by atoms with Gasteiger partial charge in [-0.05, 0) is 56.4 Å². The van der Waals surface area contributed by atoms with E-state index in [4.69, 9.17) is 16.6 Å². The highest BCUT2D eigenvalue weighted by molar-refractivity contribution is 7.80. The summed E-state index contributed by atoms with van der Waals surface area (Å²) in [5.74, 6) is -0.774. The number of furan rings is 1. The molecule has 8 heteroatoms. The van der Waals surface area contributed by atoms with E-state index >= 15 is 0 Å². The van der Waals surface area contributed by atoms with E-state index in [2.05, 4.69) is 5.32 Å². The van der Waals surface area contributed by atoms with Crippen molar-refractivity contribution in [1.82, 2.24) is 5.32 Å². The smallest absolute Gasteiger partial charge is 0.270 e. The summed E-state index contributed by atoms with van der Waals surface area (Å²) in [5.41, 5.74) is 0.0903. The molecular weight excluding hydrogens is 369 g/mol. The molecule has 1 fully saturated rings. The van der Waals surface area contributed by atoms with Gasteiger partial charge in [0.15, 0.2) is 11.0 Å². The Hall–Kier alpha value is -3.00. The van der Waals surface area contributed by atoms with Gasteiger partial charge < -0.3 is 9.32 Å². The Morgan fingerprint density at radius 1 is 1.22 bits per heavy atom. The monoisotopic (exact) mass is 387 g/mol. The lowest BCUT2D eigenvalue weighted by atomic mass is 10.1. The summed E-state index contributed by atoms with van der Waals surface area (Å²) in [4.78, 5) is 28.2. The second-order valence-corrected chi connectivity index (χ2v) is 6.17. The predicted molar refractivity (Wildman–Crippen MR) is 105 cm³/mol. The summed E-state index contributed by atoms with van der Waals surface area (Å²) in [6, 6.07) is 8.88. The van der Waals surface area contributed by atoms with E-state index in [1.165, 1.54) is 30.3 Å². The van der Waals surface area contributed by atoms with Gasteiger partial charge in [-0.15, -0.1) is 0 Å². The van der Waals surface area contributed by atoms with Crippen LogP contribution in [-0.2, 0) is 9.59 Å². The molecule has 0 unspecified atom stereocenters. The number of benzene rings is 1. The molecule has 6 nitrogen and oxygen atoms in total. The summed E-state index contributed by atoms with van der Waals surface area (Å²) < 4.78 is 19.3. The molecule has 0 aliphatic carbocycles. The highest BCUT2D eigenvalue weighted by atomic mass is 32.1. The van der Waals surface area contributed by atoms with Crippen LogP contribution in [0.3, 0.4) is 0 Å². The zero-order valence-electron chi connectivity index (χ0n) is 14.9. The second kappa shape index (κ2) is 7.71. The number of nitrogens with zero attached hydrogens (tertiary/aromatic N) is 2. The molecule has 0 spiro atoms. The first-order chi connectivity index (χ1) is 12.9. The summed E-state index contributed by atoms with van der Waals surface area (Å²) in [6.07, 6.45) is 1.36. The molecule has 1 aromatic heterocycles. The fourth-order valence-electron chi connectivity index (χ4n) is 2.77. The van der Waals surface area contributed by atoms with E-state index in [9.17, 15) is 14.0 Å². The molecule has 1 saturated heterocycles. The van der Waals surface area contributed by atoms with Crippen LogP contribution < -0.4 is 15.1 Å². The van der Waals surface area contributed by atoms with E-state index in [0.717, 1.165) is 18.0 Å². The van der Waals surface area contributed by atoms with E-state index in [0.29, 0.717) is 11.6 Å². The Kier molecular flexibility index (Phi) is 5.36. The number of nitrogens with one attached hydrogen (secondary N) is 1. The molecule has 2 aromatic rings. The van der Waals surface area contributed by atoms with Crippen molar-refractivity contribution in [1.29, 1.82) is 0 Å². The van der Waals surface area contributed by atoms with Gasteiger partial charge in [0.2, 0.25) is 0 Å². The molecule has 140 valence electrons. The average molecular weight is 387 g/mol. The minimum absolute atomic E-state index is 0.101. The van der Waals surface area contributed by atoms with Crippen LogP contribution in [0.4, 0.5) is 16.0 Å². The van der Waals surface area contributed by atoms with Crippen LogP contribution in [0.15, 0.2) is 46.4 Å². The second-order valence-electron chi connectivity index (χ2n) is 5.79. The quantitative estimate of drug-likeness (QED) is 0.485. The Morgan fingerprint density at radius 2 is 1.96 bits per heavy atom. The number of hydrogen-bond acceptors (Lipinski definition) is 5. The number of anilines is 2. The van der Waals surface area contributed by atoms with Gasteiger partial charge in [0.25, 0.3) is 11.8 Å². The Bertz CT molecular complexity index is 934. The zero-order valence-corrected chi connectivity index (χ0v) is 15.7. The molecule has 1 aliphatic rings. The third-order valence-corrected chi connectivity index (χ3v) is 4.43. The Morgan fingerprint density at radius 3 is 2.63 bits per heavy atom. The van der Waals surface area contributed by atoms with Crippen molar-refractivity contribution in [3.8, 4) is 0 Å². The van der Waals surface area contributed by atoms with Gasteiger partial charge in [0, 0.05) is 19.2 Å². The van der Waals surface area contributed by atoms with Crippen molar-refractivity contribution in [2.24, 2.45) is 0 Å². The van der Waals surface area contributed by atoms with Gasteiger partial charge in [-0.3, -0.25) is 19.8 Å². The third kappa shape index (κ3) is 3.75. The van der Waals surface area contributed by atoms with Crippen LogP contribution in [0.2, 0.25) is 0 Å². The lowest BCUT2D eigenvalue weighted by molar-refractivity contribution is -0.122. The molecule has 0 radical (unpaired) electrons. The van der Waals surface area contributed by atoms with Crippen molar-refractivity contribution >= 4 is 46.8 Å². The largest absolute Gasteiger partial charge is 0.441 e. The molecule has 27 heavy (non-hydrogen) atoms. The summed E-state index contributed by atoms with van der Waals surface area (Å²) in [5, 5.41) is 2.35. The molecule has 0 saturated carbocycles. The van der Waals surface area contributed by atoms with Gasteiger partial charge in [0.1, 0.15) is 17.2 Å². The van der Waals surface area contributed by atoms with Crippen molar-refractivity contribution < 1.29 is 18.4 Å². The highest BCUT2D eigenvalue weighted by Crippen LogP contribution is 2.25. The number of carbonyl (C=O) groups is 2. The molecule has 2 heterocycles. The van der Waals surface area contributed by atoms with Crippen LogP contribution in [0.25, 0.3) is 6.08 Å². The van der Waals surface area contributed by atoms with Crippen molar-refractivity contribution in [2.45, 2.75) is 13.8 Å². The van der Waals surface area contributed by atoms with E-state index < -0.39 is 17.6 Å². The van der Waals surface area contributed by atoms with Crippen LogP contribution >= 0.6 is 12.2 Å². The number of rotatable bonds is 5. The fraction of sp³-hybridized carbons (Fsp3) is 0.211. The number of halogens is 1. The highest BCUT2D eigenvalue weighted by Gasteiger charge is 2.34. The third-order valence-electron chi connectivity index (χ3n) is 4.14. The van der Waals surface area contributed by atoms with Crippen LogP contribution in [0.1, 0.15) is 19.6 Å². The van der Waals surface area contributed by atoms with Crippen LogP contribution in [-0.4, -0.2) is 30.0 Å². The molecule has 1 aromatic carbocycles. The lowest BCUT2D eigenvalue weighted by Gasteiger charge is -2.28. The average Bonchev–Trinajstić information content (AvgIpc) is 3.08. The van der Waals surface area contributed by atoms with Crippen LogP contribution in [0, 0.1) is 5.82 Å². The Labute approximate surface area is 161 Å². The fourth-order valence-corrected chi connectivity index (χ4v) is 3.06. The molecule has 1 aliphatic heterocycles. The Balaban J connectivity index is 1.95. The van der Waals surface area contributed by atoms with E-state index in [-0.39, 0.29) is 16.4 Å². The summed E-state index contributed by atoms with van der Waals surface area (Å²) >= 11 is 5.09. The number of thiocarbonyl (C=S) groups is 1. The van der Waals surface area contributed by atoms with E-state index in [1.54, 1.807) is 12.1 Å². The lowest BCUT2D eigenvalue weighted by Crippen LogP contribution is -2.54. The van der Waals surface area contributed by atoms with Gasteiger partial charge in [-0.25, -0.2) is 4.39 Å². The number of amides is 2. The topological polar surface area (TPSA) is 65.8 Å². The molecule has 0 atom stereocenters. The molecular formula is C19H18FN3O3S. The summed E-state index contributed by atoms with van der Waals surface area (Å²) in [7, 11) is 0. The molecule has 2 amide bonds. The van der Waals surface area contributed by atoms with Gasteiger partial charge >= 0.3 is 0 Å². The van der Waals surface area contributed by atoms with Gasteiger partial charge in [0.05, 0.1) is 5.69 Å². The first-order valence-electron chi connectivity index (χ1n) is 8.46. The van der Waals surface area contributed by atoms with Crippen LogP contribution in [0.5, 0.6) is 0 Å². The standard InChI is InChI=1S/C19H18FN3O3S/c1-3-22(4-2)16-9-8-14(26-16)11-15-17(24)21-19(27)23(18(15)25)13-7-5-6-12(20)10-13/h5-11H,3-4H2,1-2H3,(H,21,24,27). The maximum atomic E-state index is 13.5. The summed E-state index contributed by atoms with van der Waals surface area (Å²) in [6.45, 7) is 5.53. The first kappa shape index (κ1) is 18.8. The van der Waals surface area contributed by atoms with Crippen molar-refractivity contribution in [2.75, 3.05) is 22.9 Å². The normalized spacial score (nSPS) is 16.0. The maximum absolute atomic E-state index is 13.5. The first-order valence-corrected chi connectivity index (χ1v) is 8.87. The van der Waals surface area contributed by atoms with Crippen molar-refractivity contribution in [3.63, 3.8) is 0 Å². The zero-order chi connectivity index (χ0) is 19.6. The predicted octanol–water partition coefficient (Wildman–Crippen LogP) is 3.10. The van der Waals surface area contributed by atoms with E-state index in [1.807, 2.05) is 18.7 Å². The minimum atomic E-state index is -0.643. The minimum Gasteiger partial charge on any atom is -0.441 e. The molecule has 3 rings (SSSR count). The maximum Gasteiger partial charge on any atom is 0.270 e.